The van der Waals surface area contributed by atoms with Crippen molar-refractivity contribution in [1.29, 1.82) is 0 Å². The van der Waals surface area contributed by atoms with Crippen LogP contribution in [0.3, 0.4) is 0 Å². The maximum atomic E-state index is 4.43. The van der Waals surface area contributed by atoms with Gasteiger partial charge in [-0.25, -0.2) is 4.98 Å². The van der Waals surface area contributed by atoms with Crippen LogP contribution >= 0.6 is 0 Å². The summed E-state index contributed by atoms with van der Waals surface area (Å²) >= 11 is 0. The molecule has 0 aromatic carbocycles. The van der Waals surface area contributed by atoms with Crippen LogP contribution in [-0.2, 0) is 0 Å². The lowest BCUT2D eigenvalue weighted by atomic mass is 10.2. The Morgan fingerprint density at radius 3 is 2.92 bits per heavy atom. The molecule has 0 saturated heterocycles. The zero-order valence-electron chi connectivity index (χ0n) is 7.62. The van der Waals surface area contributed by atoms with Gasteiger partial charge in [0.05, 0.1) is 5.69 Å². The van der Waals surface area contributed by atoms with Gasteiger partial charge in [-0.15, -0.1) is 0 Å². The van der Waals surface area contributed by atoms with Crippen molar-refractivity contribution in [1.82, 2.24) is 4.98 Å². The normalized spacial score (nSPS) is 10.2. The molecule has 1 heterocycles. The van der Waals surface area contributed by atoms with Gasteiger partial charge in [0.1, 0.15) is 5.82 Å². The Balaban J connectivity index is 2.45. The van der Waals surface area contributed by atoms with Crippen molar-refractivity contribution in [2.45, 2.75) is 6.92 Å². The lowest BCUT2D eigenvalue weighted by Crippen LogP contribution is -1.95. The molecule has 0 spiro atoms. The molecule has 66 valence electrons. The second kappa shape index (κ2) is 3.44. The summed E-state index contributed by atoms with van der Waals surface area (Å²) in [5.74, 6) is 0.962. The molecular weight excluding hydrogens is 160 g/mol. The van der Waals surface area contributed by atoms with Crippen molar-refractivity contribution >= 4 is 5.82 Å². The Morgan fingerprint density at radius 1 is 1.23 bits per heavy atom. The molecule has 0 amide bonds. The predicted molar refractivity (Wildman–Crippen MR) is 55.0 cm³/mol. The van der Waals surface area contributed by atoms with Crippen molar-refractivity contribution in [3.8, 4) is 11.3 Å². The van der Waals surface area contributed by atoms with Crippen molar-refractivity contribution in [3.05, 3.63) is 36.4 Å². The topological polar surface area (TPSA) is 24.9 Å². The monoisotopic (exact) mass is 172 g/mol. The second-order valence-electron chi connectivity index (χ2n) is 2.92. The lowest BCUT2D eigenvalue weighted by Gasteiger charge is -1.93. The Morgan fingerprint density at radius 2 is 2.08 bits per heavy atom. The second-order valence-corrected chi connectivity index (χ2v) is 2.92. The van der Waals surface area contributed by atoms with E-state index in [0.717, 1.165) is 18.1 Å². The van der Waals surface area contributed by atoms with Crippen LogP contribution in [0.25, 0.3) is 11.3 Å². The van der Waals surface area contributed by atoms with E-state index in [9.17, 15) is 0 Å². The summed E-state index contributed by atoms with van der Waals surface area (Å²) in [5.41, 5.74) is 2.22. The average Bonchev–Trinajstić information content (AvgIpc) is 2.37. The fraction of sp³-hybridized carbons (Fsp3) is 0.182. The summed E-state index contributed by atoms with van der Waals surface area (Å²) in [7, 11) is 0. The molecule has 2 aliphatic rings. The number of hydrogen-bond donors (Lipinski definition) is 1. The SMILES string of the molecule is CCNc1cc2cccccc-2n1. The van der Waals surface area contributed by atoms with Crippen molar-refractivity contribution < 1.29 is 0 Å². The first-order valence-corrected chi connectivity index (χ1v) is 4.50. The van der Waals surface area contributed by atoms with E-state index in [1.807, 2.05) is 24.3 Å². The molecule has 2 heteroatoms. The van der Waals surface area contributed by atoms with Crippen LogP contribution in [0.5, 0.6) is 0 Å². The highest BCUT2D eigenvalue weighted by Crippen LogP contribution is 2.23. The third-order valence-electron chi connectivity index (χ3n) is 1.94. The number of hydrogen-bond acceptors (Lipinski definition) is 2. The van der Waals surface area contributed by atoms with Gasteiger partial charge in [0, 0.05) is 12.1 Å². The van der Waals surface area contributed by atoms with Crippen LogP contribution in [0.15, 0.2) is 36.4 Å². The van der Waals surface area contributed by atoms with E-state index >= 15 is 0 Å². The average molecular weight is 172 g/mol. The Kier molecular flexibility index (Phi) is 2.13. The minimum atomic E-state index is 0.912. The van der Waals surface area contributed by atoms with Gasteiger partial charge < -0.3 is 5.32 Å². The molecule has 0 fully saturated rings. The van der Waals surface area contributed by atoms with E-state index in [4.69, 9.17) is 0 Å². The summed E-state index contributed by atoms with van der Waals surface area (Å²) in [6.07, 6.45) is 0. The fourth-order valence-corrected chi connectivity index (χ4v) is 1.36. The largest absolute Gasteiger partial charge is 0.370 e. The molecule has 1 aliphatic heterocycles. The molecule has 0 aromatic rings. The first-order valence-electron chi connectivity index (χ1n) is 4.50. The zero-order valence-corrected chi connectivity index (χ0v) is 7.62. The standard InChI is InChI=1S/C11H12N2/c1-2-12-11-8-9-6-4-3-5-7-10(9)13-11/h3-8H,2H2,1H3,(H,12,13). The highest BCUT2D eigenvalue weighted by Gasteiger charge is 2.04. The van der Waals surface area contributed by atoms with E-state index in [1.165, 1.54) is 5.56 Å². The Hall–Kier alpha value is -1.57. The van der Waals surface area contributed by atoms with Crippen molar-refractivity contribution in [3.63, 3.8) is 0 Å². The number of anilines is 1. The molecule has 0 atom stereocenters. The Labute approximate surface area is 78.0 Å². The molecule has 0 bridgehead atoms. The minimum absolute atomic E-state index is 0.912. The third-order valence-corrected chi connectivity index (χ3v) is 1.94. The molecule has 1 aliphatic carbocycles. The summed E-state index contributed by atoms with van der Waals surface area (Å²) in [6, 6.07) is 12.2. The van der Waals surface area contributed by atoms with Crippen LogP contribution in [0, 0.1) is 0 Å². The summed E-state index contributed by atoms with van der Waals surface area (Å²) < 4.78 is 0. The van der Waals surface area contributed by atoms with Crippen molar-refractivity contribution in [2.24, 2.45) is 0 Å². The summed E-state index contributed by atoms with van der Waals surface area (Å²) in [4.78, 5) is 4.43. The summed E-state index contributed by atoms with van der Waals surface area (Å²) in [5, 5.41) is 3.20. The third kappa shape index (κ3) is 1.61. The van der Waals surface area contributed by atoms with Gasteiger partial charge in [-0.05, 0) is 19.1 Å². The quantitative estimate of drug-likeness (QED) is 0.753. The fourth-order valence-electron chi connectivity index (χ4n) is 1.36. The molecule has 2 nitrogen and oxygen atoms in total. The van der Waals surface area contributed by atoms with E-state index in [1.54, 1.807) is 0 Å². The van der Waals surface area contributed by atoms with Gasteiger partial charge in [0.2, 0.25) is 0 Å². The minimum Gasteiger partial charge on any atom is -0.370 e. The van der Waals surface area contributed by atoms with Crippen LogP contribution in [-0.4, -0.2) is 11.5 Å². The predicted octanol–water partition coefficient (Wildman–Crippen LogP) is 2.62. The first-order chi connectivity index (χ1) is 6.40. The van der Waals surface area contributed by atoms with Crippen LogP contribution in [0.1, 0.15) is 6.92 Å². The number of aromatic nitrogens is 1. The first kappa shape index (κ1) is 8.05. The highest BCUT2D eigenvalue weighted by molar-refractivity contribution is 5.67. The maximum Gasteiger partial charge on any atom is 0.127 e. The highest BCUT2D eigenvalue weighted by atomic mass is 15.0. The van der Waals surface area contributed by atoms with E-state index < -0.39 is 0 Å². The smallest absolute Gasteiger partial charge is 0.127 e. The van der Waals surface area contributed by atoms with E-state index in [2.05, 4.69) is 29.4 Å². The maximum absolute atomic E-state index is 4.43. The summed E-state index contributed by atoms with van der Waals surface area (Å²) in [6.45, 7) is 2.98. The van der Waals surface area contributed by atoms with Gasteiger partial charge in [-0.3, -0.25) is 0 Å². The molecule has 0 unspecified atom stereocenters. The van der Waals surface area contributed by atoms with Gasteiger partial charge in [-0.2, -0.15) is 0 Å². The van der Waals surface area contributed by atoms with E-state index in [0.29, 0.717) is 0 Å². The molecule has 0 aromatic heterocycles. The van der Waals surface area contributed by atoms with Crippen molar-refractivity contribution in [2.75, 3.05) is 11.9 Å². The van der Waals surface area contributed by atoms with Gasteiger partial charge in [-0.1, -0.05) is 24.3 Å². The van der Waals surface area contributed by atoms with Crippen LogP contribution < -0.4 is 5.32 Å². The molecule has 13 heavy (non-hydrogen) atoms. The van der Waals surface area contributed by atoms with Crippen LogP contribution in [0.2, 0.25) is 0 Å². The molecular formula is C11H12N2. The number of nitrogens with one attached hydrogen (secondary N) is 1. The number of nitrogens with zero attached hydrogens (tertiary/aromatic N) is 1. The zero-order chi connectivity index (χ0) is 9.10. The molecule has 0 radical (unpaired) electrons. The number of fused-ring (bicyclic) bond motifs is 1. The molecule has 1 N–H and O–H groups in total. The van der Waals surface area contributed by atoms with Crippen LogP contribution in [0.4, 0.5) is 5.82 Å². The van der Waals surface area contributed by atoms with Gasteiger partial charge in [0.25, 0.3) is 0 Å². The number of rotatable bonds is 2. The van der Waals surface area contributed by atoms with E-state index in [-0.39, 0.29) is 0 Å². The Bertz CT molecular complexity index is 340. The van der Waals surface area contributed by atoms with Gasteiger partial charge >= 0.3 is 0 Å². The molecule has 0 saturated carbocycles. The van der Waals surface area contributed by atoms with Gasteiger partial charge in [0.15, 0.2) is 0 Å². The lowest BCUT2D eigenvalue weighted by molar-refractivity contribution is 1.18. The molecule has 2 rings (SSSR count).